The molecule has 18 heavy (non-hydrogen) atoms. The van der Waals surface area contributed by atoms with E-state index in [0.29, 0.717) is 17.9 Å². The van der Waals surface area contributed by atoms with E-state index >= 15 is 0 Å². The van der Waals surface area contributed by atoms with Crippen LogP contribution in [0.3, 0.4) is 0 Å². The lowest BCUT2D eigenvalue weighted by Gasteiger charge is -2.14. The van der Waals surface area contributed by atoms with Crippen LogP contribution in [0.1, 0.15) is 24.2 Å². The Bertz CT molecular complexity index is 431. The maximum Gasteiger partial charge on any atom is 0.317 e. The van der Waals surface area contributed by atoms with Gasteiger partial charge in [-0.3, -0.25) is 14.9 Å². The van der Waals surface area contributed by atoms with Crippen LogP contribution in [0, 0.1) is 0 Å². The predicted molar refractivity (Wildman–Crippen MR) is 67.0 cm³/mol. The molecule has 0 fully saturated rings. The Morgan fingerprint density at radius 2 is 2.06 bits per heavy atom. The fourth-order valence-electron chi connectivity index (χ4n) is 1.52. The summed E-state index contributed by atoms with van der Waals surface area (Å²) in [6, 6.07) is 6.37. The molecule has 0 saturated heterocycles. The van der Waals surface area contributed by atoms with Crippen LogP contribution in [0.25, 0.3) is 0 Å². The molecule has 2 N–H and O–H groups in total. The van der Waals surface area contributed by atoms with E-state index < -0.39 is 12.0 Å². The van der Waals surface area contributed by atoms with Gasteiger partial charge < -0.3 is 9.84 Å². The molecule has 1 rings (SSSR count). The first-order chi connectivity index (χ1) is 8.56. The summed E-state index contributed by atoms with van der Waals surface area (Å²) in [5, 5.41) is 11.2. The minimum absolute atomic E-state index is 0.180. The number of benzene rings is 1. The zero-order chi connectivity index (χ0) is 13.5. The summed E-state index contributed by atoms with van der Waals surface area (Å²) in [4.78, 5) is 22.6. The molecular formula is C13H17NO4. The Kier molecular flexibility index (Phi) is 5.32. The lowest BCUT2D eigenvalue weighted by Crippen LogP contribution is -2.37. The number of nitrogens with one attached hydrogen (secondary N) is 1. The molecule has 0 spiro atoms. The molecule has 1 unspecified atom stereocenters. The fourth-order valence-corrected chi connectivity index (χ4v) is 1.52. The van der Waals surface area contributed by atoms with Gasteiger partial charge in [-0.2, -0.15) is 0 Å². The molecule has 0 aliphatic heterocycles. The topological polar surface area (TPSA) is 75.6 Å². The van der Waals surface area contributed by atoms with Crippen molar-refractivity contribution < 1.29 is 19.4 Å². The van der Waals surface area contributed by atoms with E-state index in [9.17, 15) is 9.59 Å². The van der Waals surface area contributed by atoms with Gasteiger partial charge >= 0.3 is 5.97 Å². The average Bonchev–Trinajstić information content (AvgIpc) is 2.36. The summed E-state index contributed by atoms with van der Waals surface area (Å²) in [5.41, 5.74) is 0.463. The number of para-hydroxylation sites is 1. The molecule has 0 radical (unpaired) electrons. The number of hydrogen-bond donors (Lipinski definition) is 2. The summed E-state index contributed by atoms with van der Waals surface area (Å²) in [6.07, 6.45) is 0. The summed E-state index contributed by atoms with van der Waals surface area (Å²) in [6.45, 7) is 3.70. The van der Waals surface area contributed by atoms with Crippen LogP contribution in [0.15, 0.2) is 24.3 Å². The number of hydrogen-bond acceptors (Lipinski definition) is 4. The minimum atomic E-state index is -0.993. The first-order valence-electron chi connectivity index (χ1n) is 5.77. The highest BCUT2D eigenvalue weighted by molar-refractivity contribution is 6.02. The predicted octanol–water partition coefficient (Wildman–Crippen LogP) is 1.33. The standard InChI is InChI=1S/C13H17NO4/c1-3-18-11-7-5-4-6-10(11)13(17)9(2)14-8-12(15)16/h4-7,9,14H,3,8H2,1-2H3,(H,15,16). The third-order valence-electron chi connectivity index (χ3n) is 2.41. The van der Waals surface area contributed by atoms with E-state index in [0.717, 1.165) is 0 Å². The number of carboxylic acids is 1. The highest BCUT2D eigenvalue weighted by Crippen LogP contribution is 2.19. The van der Waals surface area contributed by atoms with Gasteiger partial charge in [0.1, 0.15) is 5.75 Å². The van der Waals surface area contributed by atoms with E-state index in [2.05, 4.69) is 5.32 Å². The van der Waals surface area contributed by atoms with Gasteiger partial charge in [0, 0.05) is 0 Å². The summed E-state index contributed by atoms with van der Waals surface area (Å²) >= 11 is 0. The molecule has 5 nitrogen and oxygen atoms in total. The van der Waals surface area contributed by atoms with E-state index in [1.54, 1.807) is 31.2 Å². The van der Waals surface area contributed by atoms with Crippen molar-refractivity contribution >= 4 is 11.8 Å². The molecule has 5 heteroatoms. The number of Topliss-reactive ketones (excluding diaryl/α,β-unsaturated/α-hetero) is 1. The largest absolute Gasteiger partial charge is 0.493 e. The quantitative estimate of drug-likeness (QED) is 0.715. The normalized spacial score (nSPS) is 11.9. The lowest BCUT2D eigenvalue weighted by atomic mass is 10.0. The number of carbonyl (C=O) groups excluding carboxylic acids is 1. The van der Waals surface area contributed by atoms with Gasteiger partial charge in [0.15, 0.2) is 5.78 Å². The van der Waals surface area contributed by atoms with Crippen molar-refractivity contribution in [2.45, 2.75) is 19.9 Å². The van der Waals surface area contributed by atoms with Gasteiger partial charge in [0.2, 0.25) is 0 Å². The van der Waals surface area contributed by atoms with Gasteiger partial charge in [-0.15, -0.1) is 0 Å². The van der Waals surface area contributed by atoms with E-state index in [4.69, 9.17) is 9.84 Å². The Hall–Kier alpha value is -1.88. The highest BCUT2D eigenvalue weighted by atomic mass is 16.5. The van der Waals surface area contributed by atoms with Gasteiger partial charge in [-0.25, -0.2) is 0 Å². The van der Waals surface area contributed by atoms with Crippen LogP contribution in [0.2, 0.25) is 0 Å². The monoisotopic (exact) mass is 251 g/mol. The van der Waals surface area contributed by atoms with E-state index in [-0.39, 0.29) is 12.3 Å². The lowest BCUT2D eigenvalue weighted by molar-refractivity contribution is -0.136. The number of carboxylic acid groups (broad SMARTS) is 1. The van der Waals surface area contributed by atoms with Crippen molar-refractivity contribution in [3.8, 4) is 5.75 Å². The molecule has 0 aliphatic rings. The maximum atomic E-state index is 12.1. The summed E-state index contributed by atoms with van der Waals surface area (Å²) < 4.78 is 5.37. The molecule has 0 bridgehead atoms. The van der Waals surface area contributed by atoms with Crippen molar-refractivity contribution in [1.82, 2.24) is 5.32 Å². The highest BCUT2D eigenvalue weighted by Gasteiger charge is 2.19. The minimum Gasteiger partial charge on any atom is -0.493 e. The zero-order valence-electron chi connectivity index (χ0n) is 10.5. The smallest absolute Gasteiger partial charge is 0.317 e. The Balaban J connectivity index is 2.79. The van der Waals surface area contributed by atoms with Crippen LogP contribution in [0.4, 0.5) is 0 Å². The fraction of sp³-hybridized carbons (Fsp3) is 0.385. The molecule has 0 aliphatic carbocycles. The number of rotatable bonds is 7. The molecular weight excluding hydrogens is 234 g/mol. The number of ketones is 1. The molecule has 1 aromatic carbocycles. The second-order valence-corrected chi connectivity index (χ2v) is 3.79. The van der Waals surface area contributed by atoms with Crippen LogP contribution in [0.5, 0.6) is 5.75 Å². The summed E-state index contributed by atoms with van der Waals surface area (Å²) in [7, 11) is 0. The number of ether oxygens (including phenoxy) is 1. The van der Waals surface area contributed by atoms with Gasteiger partial charge in [0.25, 0.3) is 0 Å². The van der Waals surface area contributed by atoms with Crippen LogP contribution in [-0.4, -0.2) is 36.1 Å². The van der Waals surface area contributed by atoms with Crippen LogP contribution in [-0.2, 0) is 4.79 Å². The second kappa shape index (κ2) is 6.76. The molecule has 1 aromatic rings. The third kappa shape index (κ3) is 3.85. The van der Waals surface area contributed by atoms with Crippen molar-refractivity contribution in [3.63, 3.8) is 0 Å². The SMILES string of the molecule is CCOc1ccccc1C(=O)C(C)NCC(=O)O. The Morgan fingerprint density at radius 3 is 2.67 bits per heavy atom. The number of aliphatic carboxylic acids is 1. The summed E-state index contributed by atoms with van der Waals surface area (Å²) in [5.74, 6) is -0.651. The van der Waals surface area contributed by atoms with E-state index in [1.807, 2.05) is 6.92 Å². The van der Waals surface area contributed by atoms with E-state index in [1.165, 1.54) is 0 Å². The second-order valence-electron chi connectivity index (χ2n) is 3.79. The molecule has 0 saturated carbocycles. The van der Waals surface area contributed by atoms with Crippen molar-refractivity contribution in [1.29, 1.82) is 0 Å². The number of carbonyl (C=O) groups is 2. The van der Waals surface area contributed by atoms with Gasteiger partial charge in [-0.1, -0.05) is 12.1 Å². The first kappa shape index (κ1) is 14.2. The van der Waals surface area contributed by atoms with Crippen LogP contribution >= 0.6 is 0 Å². The molecule has 98 valence electrons. The average molecular weight is 251 g/mol. The Morgan fingerprint density at radius 1 is 1.39 bits per heavy atom. The molecule has 0 aromatic heterocycles. The first-order valence-corrected chi connectivity index (χ1v) is 5.77. The molecule has 1 atom stereocenters. The molecule has 0 amide bonds. The Labute approximate surface area is 106 Å². The molecule has 0 heterocycles. The zero-order valence-corrected chi connectivity index (χ0v) is 10.5. The van der Waals surface area contributed by atoms with Gasteiger partial charge in [0.05, 0.1) is 24.8 Å². The van der Waals surface area contributed by atoms with Crippen molar-refractivity contribution in [2.75, 3.05) is 13.2 Å². The van der Waals surface area contributed by atoms with Crippen molar-refractivity contribution in [2.24, 2.45) is 0 Å². The van der Waals surface area contributed by atoms with Crippen LogP contribution < -0.4 is 10.1 Å². The maximum absolute atomic E-state index is 12.1. The van der Waals surface area contributed by atoms with Crippen molar-refractivity contribution in [3.05, 3.63) is 29.8 Å². The van der Waals surface area contributed by atoms with Gasteiger partial charge in [-0.05, 0) is 26.0 Å². The third-order valence-corrected chi connectivity index (χ3v) is 2.41.